The number of thioether (sulfide) groups is 1. The molecule has 0 fully saturated rings. The van der Waals surface area contributed by atoms with E-state index in [1.807, 2.05) is 31.3 Å². The molecule has 0 aliphatic carbocycles. The molecule has 3 aromatic rings. The van der Waals surface area contributed by atoms with E-state index in [0.717, 1.165) is 12.1 Å². The Morgan fingerprint density at radius 3 is 2.62 bits per heavy atom. The van der Waals surface area contributed by atoms with Crippen LogP contribution >= 0.6 is 35.0 Å². The van der Waals surface area contributed by atoms with Crippen molar-refractivity contribution in [2.45, 2.75) is 25.1 Å². The van der Waals surface area contributed by atoms with E-state index < -0.39 is 0 Å². The van der Waals surface area contributed by atoms with Gasteiger partial charge < -0.3 is 14.6 Å². The Bertz CT molecular complexity index is 993. The Morgan fingerprint density at radius 2 is 1.93 bits per heavy atom. The van der Waals surface area contributed by atoms with Gasteiger partial charge in [0, 0.05) is 17.8 Å². The molecule has 3 rings (SSSR count). The van der Waals surface area contributed by atoms with Gasteiger partial charge in [0.15, 0.2) is 11.0 Å². The maximum atomic E-state index is 12.2. The average Bonchev–Trinajstić information content (AvgIpc) is 3.06. The van der Waals surface area contributed by atoms with E-state index in [1.54, 1.807) is 22.8 Å². The molecule has 0 radical (unpaired) electrons. The second kappa shape index (κ2) is 10.0. The van der Waals surface area contributed by atoms with Crippen molar-refractivity contribution in [3.63, 3.8) is 0 Å². The SMILES string of the molecule is CCc1ccc(NC(=O)CSc2nnc(COc3ccc(Cl)cc3Cl)n2C)cc1. The summed E-state index contributed by atoms with van der Waals surface area (Å²) in [7, 11) is 1.83. The Balaban J connectivity index is 1.52. The van der Waals surface area contributed by atoms with Crippen LogP contribution in [0.4, 0.5) is 5.69 Å². The van der Waals surface area contributed by atoms with Gasteiger partial charge in [-0.2, -0.15) is 0 Å². The summed E-state index contributed by atoms with van der Waals surface area (Å²) >= 11 is 13.3. The molecule has 0 aliphatic rings. The summed E-state index contributed by atoms with van der Waals surface area (Å²) < 4.78 is 7.48. The van der Waals surface area contributed by atoms with Crippen molar-refractivity contribution in [2.24, 2.45) is 7.05 Å². The Hall–Kier alpha value is -2.22. The Kier molecular flexibility index (Phi) is 7.41. The van der Waals surface area contributed by atoms with Crippen LogP contribution in [0.3, 0.4) is 0 Å². The number of hydrogen-bond acceptors (Lipinski definition) is 5. The van der Waals surface area contributed by atoms with Gasteiger partial charge in [-0.25, -0.2) is 0 Å². The second-order valence-electron chi connectivity index (χ2n) is 6.21. The molecule has 0 atom stereocenters. The summed E-state index contributed by atoms with van der Waals surface area (Å²) in [5.74, 6) is 1.26. The fourth-order valence-electron chi connectivity index (χ4n) is 2.48. The van der Waals surface area contributed by atoms with E-state index in [0.29, 0.717) is 26.8 Å². The van der Waals surface area contributed by atoms with Gasteiger partial charge in [0.25, 0.3) is 0 Å². The number of carbonyl (C=O) groups excluding carboxylic acids is 1. The quantitative estimate of drug-likeness (QED) is 0.489. The van der Waals surface area contributed by atoms with Crippen LogP contribution in [0.5, 0.6) is 5.75 Å². The van der Waals surface area contributed by atoms with Gasteiger partial charge in [0.05, 0.1) is 10.8 Å². The Morgan fingerprint density at radius 1 is 1.17 bits per heavy atom. The zero-order valence-corrected chi connectivity index (χ0v) is 18.3. The maximum absolute atomic E-state index is 12.2. The fraction of sp³-hybridized carbons (Fsp3) is 0.250. The summed E-state index contributed by atoms with van der Waals surface area (Å²) in [6, 6.07) is 12.8. The lowest BCUT2D eigenvalue weighted by atomic mass is 10.1. The minimum atomic E-state index is -0.104. The van der Waals surface area contributed by atoms with Crippen molar-refractivity contribution in [2.75, 3.05) is 11.1 Å². The van der Waals surface area contributed by atoms with E-state index >= 15 is 0 Å². The number of carbonyl (C=O) groups is 1. The molecule has 0 unspecified atom stereocenters. The molecule has 0 saturated carbocycles. The molecule has 152 valence electrons. The summed E-state index contributed by atoms with van der Waals surface area (Å²) in [6.45, 7) is 2.29. The van der Waals surface area contributed by atoms with Gasteiger partial charge in [-0.3, -0.25) is 4.79 Å². The molecule has 0 saturated heterocycles. The lowest BCUT2D eigenvalue weighted by Crippen LogP contribution is -2.14. The van der Waals surface area contributed by atoms with Crippen molar-refractivity contribution in [3.05, 3.63) is 63.9 Å². The minimum absolute atomic E-state index is 0.104. The predicted octanol–water partition coefficient (Wildman–Crippen LogP) is 4.99. The first-order chi connectivity index (χ1) is 14.0. The van der Waals surface area contributed by atoms with Crippen LogP contribution in [-0.2, 0) is 24.9 Å². The van der Waals surface area contributed by atoms with Gasteiger partial charge in [0.1, 0.15) is 12.4 Å². The first-order valence-electron chi connectivity index (χ1n) is 8.94. The molecule has 0 aliphatic heterocycles. The number of aryl methyl sites for hydroxylation is 1. The van der Waals surface area contributed by atoms with Crippen LogP contribution in [0.25, 0.3) is 0 Å². The third-order valence-corrected chi connectivity index (χ3v) is 5.70. The minimum Gasteiger partial charge on any atom is -0.484 e. The first kappa shape index (κ1) is 21.5. The van der Waals surface area contributed by atoms with Crippen LogP contribution in [0.1, 0.15) is 18.3 Å². The molecule has 2 aromatic carbocycles. The van der Waals surface area contributed by atoms with E-state index in [-0.39, 0.29) is 18.3 Å². The van der Waals surface area contributed by atoms with Gasteiger partial charge in [-0.15, -0.1) is 10.2 Å². The van der Waals surface area contributed by atoms with E-state index in [4.69, 9.17) is 27.9 Å². The van der Waals surface area contributed by atoms with Crippen molar-refractivity contribution >= 4 is 46.6 Å². The van der Waals surface area contributed by atoms with Crippen LogP contribution in [0, 0.1) is 0 Å². The third kappa shape index (κ3) is 5.88. The van der Waals surface area contributed by atoms with Crippen LogP contribution in [-0.4, -0.2) is 26.4 Å². The number of nitrogens with one attached hydrogen (secondary N) is 1. The summed E-state index contributed by atoms with van der Waals surface area (Å²) in [5, 5.41) is 12.7. The van der Waals surface area contributed by atoms with E-state index in [2.05, 4.69) is 22.4 Å². The molecular weight excluding hydrogens is 431 g/mol. The van der Waals surface area contributed by atoms with E-state index in [1.165, 1.54) is 17.3 Å². The highest BCUT2D eigenvalue weighted by molar-refractivity contribution is 7.99. The van der Waals surface area contributed by atoms with Gasteiger partial charge >= 0.3 is 0 Å². The lowest BCUT2D eigenvalue weighted by Gasteiger charge is -2.08. The predicted molar refractivity (Wildman–Crippen MR) is 117 cm³/mol. The first-order valence-corrected chi connectivity index (χ1v) is 10.7. The topological polar surface area (TPSA) is 69.0 Å². The number of ether oxygens (including phenoxy) is 1. The molecule has 1 N–H and O–H groups in total. The van der Waals surface area contributed by atoms with Crippen LogP contribution in [0.2, 0.25) is 10.0 Å². The molecule has 1 heterocycles. The fourth-order valence-corrected chi connectivity index (χ4v) is 3.67. The number of benzene rings is 2. The van der Waals surface area contributed by atoms with Gasteiger partial charge in [-0.05, 0) is 42.3 Å². The molecule has 9 heteroatoms. The number of nitrogens with zero attached hydrogens (tertiary/aromatic N) is 3. The standard InChI is InChI=1S/C20H20Cl2N4O2S/c1-3-13-4-7-15(8-5-13)23-19(27)12-29-20-25-24-18(26(20)2)11-28-17-9-6-14(21)10-16(17)22/h4-10H,3,11-12H2,1-2H3,(H,23,27). The number of halogens is 2. The molecule has 0 bridgehead atoms. The number of amides is 1. The molecule has 29 heavy (non-hydrogen) atoms. The smallest absolute Gasteiger partial charge is 0.234 e. The zero-order chi connectivity index (χ0) is 20.8. The van der Waals surface area contributed by atoms with Gasteiger partial charge in [0.2, 0.25) is 5.91 Å². The van der Waals surface area contributed by atoms with E-state index in [9.17, 15) is 4.79 Å². The zero-order valence-electron chi connectivity index (χ0n) is 16.0. The highest BCUT2D eigenvalue weighted by Gasteiger charge is 2.13. The lowest BCUT2D eigenvalue weighted by molar-refractivity contribution is -0.113. The van der Waals surface area contributed by atoms with Crippen molar-refractivity contribution in [1.82, 2.24) is 14.8 Å². The second-order valence-corrected chi connectivity index (χ2v) is 7.99. The summed E-state index contributed by atoms with van der Waals surface area (Å²) in [4.78, 5) is 12.2. The summed E-state index contributed by atoms with van der Waals surface area (Å²) in [5.41, 5.74) is 2.01. The average molecular weight is 451 g/mol. The monoisotopic (exact) mass is 450 g/mol. The number of rotatable bonds is 8. The molecule has 0 spiro atoms. The highest BCUT2D eigenvalue weighted by Crippen LogP contribution is 2.28. The molecule has 6 nitrogen and oxygen atoms in total. The molecule has 1 aromatic heterocycles. The number of aromatic nitrogens is 3. The normalized spacial score (nSPS) is 10.8. The third-order valence-electron chi connectivity index (χ3n) is 4.15. The largest absolute Gasteiger partial charge is 0.484 e. The molecule has 1 amide bonds. The van der Waals surface area contributed by atoms with Crippen LogP contribution in [0.15, 0.2) is 47.6 Å². The highest BCUT2D eigenvalue weighted by atomic mass is 35.5. The van der Waals surface area contributed by atoms with Gasteiger partial charge in [-0.1, -0.05) is 54.0 Å². The van der Waals surface area contributed by atoms with Crippen LogP contribution < -0.4 is 10.1 Å². The maximum Gasteiger partial charge on any atom is 0.234 e. The Labute approximate surface area is 183 Å². The number of anilines is 1. The molecular formula is C20H20Cl2N4O2S. The van der Waals surface area contributed by atoms with Crippen molar-refractivity contribution < 1.29 is 9.53 Å². The number of hydrogen-bond donors (Lipinski definition) is 1. The van der Waals surface area contributed by atoms with Crippen molar-refractivity contribution in [3.8, 4) is 5.75 Å². The van der Waals surface area contributed by atoms with Crippen molar-refractivity contribution in [1.29, 1.82) is 0 Å². The summed E-state index contributed by atoms with van der Waals surface area (Å²) in [6.07, 6.45) is 0.965.